The van der Waals surface area contributed by atoms with E-state index in [0.29, 0.717) is 5.56 Å². The number of carboxylic acids is 1. The summed E-state index contributed by atoms with van der Waals surface area (Å²) in [6, 6.07) is 5.53. The highest BCUT2D eigenvalue weighted by Gasteiger charge is 2.50. The summed E-state index contributed by atoms with van der Waals surface area (Å²) in [6.07, 6.45) is 0.987. The summed E-state index contributed by atoms with van der Waals surface area (Å²) in [7, 11) is 1.77. The maximum Gasteiger partial charge on any atom is 0.314 e. The highest BCUT2D eigenvalue weighted by molar-refractivity contribution is 5.82. The Bertz CT molecular complexity index is 880. The number of piperidine rings is 1. The van der Waals surface area contributed by atoms with Crippen molar-refractivity contribution in [3.63, 3.8) is 0 Å². The average Bonchev–Trinajstić information content (AvgIpc) is 2.95. The molecule has 1 fully saturated rings. The number of aryl methyl sites for hydroxylation is 2. The van der Waals surface area contributed by atoms with E-state index in [9.17, 15) is 24.2 Å². The van der Waals surface area contributed by atoms with Gasteiger partial charge in [0.2, 0.25) is 5.91 Å². The van der Waals surface area contributed by atoms with Crippen LogP contribution in [0.5, 0.6) is 0 Å². The number of hydrogen-bond donors (Lipinski definition) is 2. The number of aliphatic hydroxyl groups excluding tert-OH is 1. The van der Waals surface area contributed by atoms with E-state index < -0.39 is 23.3 Å². The van der Waals surface area contributed by atoms with Gasteiger partial charge in [-0.15, -0.1) is 0 Å². The smallest absolute Gasteiger partial charge is 0.314 e. The molecule has 28 heavy (non-hydrogen) atoms. The molecule has 2 atom stereocenters. The first-order valence-corrected chi connectivity index (χ1v) is 9.14. The van der Waals surface area contributed by atoms with Crippen molar-refractivity contribution < 1.29 is 24.2 Å². The molecule has 1 saturated heterocycles. The van der Waals surface area contributed by atoms with Crippen LogP contribution in [0.4, 0.5) is 4.39 Å². The molecular weight excluding hydrogens is 365 g/mol. The number of hydrogen-bond acceptors (Lipinski definition) is 4. The SMILES string of the molecule is Cc1nn(C)cc1CC(=O)N1CC[C@@H](O)[C@](Cc2ccc(F)cc2)(C(=O)O)C1. The Balaban J connectivity index is 1.81. The number of aliphatic carboxylic acids is 1. The van der Waals surface area contributed by atoms with Crippen LogP contribution in [0.1, 0.15) is 23.2 Å². The van der Waals surface area contributed by atoms with Gasteiger partial charge in [-0.25, -0.2) is 4.39 Å². The predicted molar refractivity (Wildman–Crippen MR) is 99.0 cm³/mol. The van der Waals surface area contributed by atoms with Crippen molar-refractivity contribution in [1.82, 2.24) is 14.7 Å². The fourth-order valence-corrected chi connectivity index (χ4v) is 3.82. The van der Waals surface area contributed by atoms with Crippen LogP contribution in [0, 0.1) is 18.2 Å². The lowest BCUT2D eigenvalue weighted by atomic mass is 9.72. The Hall–Kier alpha value is -2.74. The van der Waals surface area contributed by atoms with E-state index in [1.165, 1.54) is 29.2 Å². The normalized spacial score (nSPS) is 22.3. The summed E-state index contributed by atoms with van der Waals surface area (Å²) in [5.41, 5.74) is 0.609. The Morgan fingerprint density at radius 2 is 2.00 bits per heavy atom. The molecule has 0 saturated carbocycles. The van der Waals surface area contributed by atoms with Crippen LogP contribution >= 0.6 is 0 Å². The second-order valence-electron chi connectivity index (χ2n) is 7.47. The van der Waals surface area contributed by atoms with Crippen LogP contribution in [-0.4, -0.2) is 56.0 Å². The Morgan fingerprint density at radius 1 is 1.32 bits per heavy atom. The molecule has 7 nitrogen and oxygen atoms in total. The van der Waals surface area contributed by atoms with E-state index in [1.807, 2.05) is 6.92 Å². The molecule has 1 aliphatic heterocycles. The minimum Gasteiger partial charge on any atom is -0.481 e. The van der Waals surface area contributed by atoms with Gasteiger partial charge in [-0.2, -0.15) is 5.10 Å². The highest BCUT2D eigenvalue weighted by atomic mass is 19.1. The van der Waals surface area contributed by atoms with Gasteiger partial charge in [0.05, 0.1) is 18.2 Å². The fraction of sp³-hybridized carbons (Fsp3) is 0.450. The van der Waals surface area contributed by atoms with Gasteiger partial charge in [0.15, 0.2) is 0 Å². The van der Waals surface area contributed by atoms with Crippen molar-refractivity contribution in [1.29, 1.82) is 0 Å². The van der Waals surface area contributed by atoms with E-state index in [-0.39, 0.29) is 38.3 Å². The van der Waals surface area contributed by atoms with Gasteiger partial charge in [0.1, 0.15) is 11.2 Å². The monoisotopic (exact) mass is 389 g/mol. The minimum atomic E-state index is -1.53. The second-order valence-corrected chi connectivity index (χ2v) is 7.47. The lowest BCUT2D eigenvalue weighted by Gasteiger charge is -2.43. The molecule has 1 aromatic heterocycles. The summed E-state index contributed by atoms with van der Waals surface area (Å²) in [5, 5.41) is 24.7. The summed E-state index contributed by atoms with van der Waals surface area (Å²) in [6.45, 7) is 2.01. The molecule has 2 heterocycles. The molecular formula is C20H24FN3O4. The van der Waals surface area contributed by atoms with E-state index in [2.05, 4.69) is 5.10 Å². The summed E-state index contributed by atoms with van der Waals surface area (Å²) in [4.78, 5) is 26.5. The third-order valence-corrected chi connectivity index (χ3v) is 5.45. The third-order valence-electron chi connectivity index (χ3n) is 5.45. The van der Waals surface area contributed by atoms with Crippen molar-refractivity contribution in [3.8, 4) is 0 Å². The van der Waals surface area contributed by atoms with E-state index >= 15 is 0 Å². The number of nitrogens with zero attached hydrogens (tertiary/aromatic N) is 3. The number of aliphatic hydroxyl groups is 1. The fourth-order valence-electron chi connectivity index (χ4n) is 3.82. The van der Waals surface area contributed by atoms with Crippen LogP contribution in [0.15, 0.2) is 30.5 Å². The molecule has 8 heteroatoms. The standard InChI is InChI=1S/C20H24FN3O4/c1-13-15(11-23(2)22-13)9-18(26)24-8-7-17(25)20(12-24,19(27)28)10-14-3-5-16(21)6-4-14/h3-6,11,17,25H,7-10,12H2,1-2H3,(H,27,28)/t17-,20-/m1/s1. The molecule has 150 valence electrons. The Morgan fingerprint density at radius 3 is 2.57 bits per heavy atom. The number of likely N-dealkylation sites (tertiary alicyclic amines) is 1. The van der Waals surface area contributed by atoms with Crippen molar-refractivity contribution in [2.45, 2.75) is 32.3 Å². The maximum absolute atomic E-state index is 13.2. The van der Waals surface area contributed by atoms with Crippen LogP contribution in [0.2, 0.25) is 0 Å². The number of carbonyl (C=O) groups is 2. The lowest BCUT2D eigenvalue weighted by molar-refractivity contribution is -0.165. The van der Waals surface area contributed by atoms with E-state index in [4.69, 9.17) is 0 Å². The zero-order valence-electron chi connectivity index (χ0n) is 15.9. The van der Waals surface area contributed by atoms with Crippen molar-refractivity contribution in [2.75, 3.05) is 13.1 Å². The molecule has 1 aromatic carbocycles. The summed E-state index contributed by atoms with van der Waals surface area (Å²) < 4.78 is 14.8. The predicted octanol–water partition coefficient (Wildman–Crippen LogP) is 1.32. The van der Waals surface area contributed by atoms with E-state index in [1.54, 1.807) is 17.9 Å². The Kier molecular flexibility index (Phi) is 5.51. The summed E-state index contributed by atoms with van der Waals surface area (Å²) >= 11 is 0. The molecule has 3 rings (SSSR count). The van der Waals surface area contributed by atoms with Gasteiger partial charge in [0.25, 0.3) is 0 Å². The second kappa shape index (κ2) is 7.71. The quantitative estimate of drug-likeness (QED) is 0.804. The molecule has 0 spiro atoms. The molecule has 1 aliphatic rings. The van der Waals surface area contributed by atoms with Crippen molar-refractivity contribution in [2.24, 2.45) is 12.5 Å². The zero-order valence-corrected chi connectivity index (χ0v) is 15.9. The lowest BCUT2D eigenvalue weighted by Crippen LogP contribution is -2.58. The first-order valence-electron chi connectivity index (χ1n) is 9.14. The van der Waals surface area contributed by atoms with Gasteiger partial charge in [-0.1, -0.05) is 12.1 Å². The molecule has 0 bridgehead atoms. The van der Waals surface area contributed by atoms with Gasteiger partial charge in [-0.05, 0) is 37.5 Å². The molecule has 2 aromatic rings. The number of amides is 1. The topological polar surface area (TPSA) is 95.7 Å². The molecule has 1 amide bonds. The Labute approximate surface area is 162 Å². The van der Waals surface area contributed by atoms with Crippen LogP contribution in [0.3, 0.4) is 0 Å². The first-order chi connectivity index (χ1) is 13.2. The van der Waals surface area contributed by atoms with Gasteiger partial charge in [0, 0.05) is 31.9 Å². The van der Waals surface area contributed by atoms with Gasteiger partial charge in [-0.3, -0.25) is 14.3 Å². The number of carbonyl (C=O) groups excluding carboxylic acids is 1. The number of rotatable bonds is 5. The van der Waals surface area contributed by atoms with Crippen LogP contribution in [-0.2, 0) is 29.5 Å². The molecule has 0 aliphatic carbocycles. The van der Waals surface area contributed by atoms with Crippen molar-refractivity contribution >= 4 is 11.9 Å². The van der Waals surface area contributed by atoms with E-state index in [0.717, 1.165) is 11.3 Å². The number of halogens is 1. The van der Waals surface area contributed by atoms with Gasteiger partial charge < -0.3 is 15.1 Å². The average molecular weight is 389 g/mol. The molecule has 0 unspecified atom stereocenters. The third kappa shape index (κ3) is 3.91. The van der Waals surface area contributed by atoms with Crippen molar-refractivity contribution in [3.05, 3.63) is 53.1 Å². The first kappa shape index (κ1) is 20.0. The van der Waals surface area contributed by atoms with Gasteiger partial charge >= 0.3 is 5.97 Å². The molecule has 2 N–H and O–H groups in total. The highest BCUT2D eigenvalue weighted by Crippen LogP contribution is 2.35. The number of aromatic nitrogens is 2. The minimum absolute atomic E-state index is 0.0134. The zero-order chi connectivity index (χ0) is 20.5. The number of carboxylic acid groups (broad SMARTS) is 1. The van der Waals surface area contributed by atoms with Crippen LogP contribution in [0.25, 0.3) is 0 Å². The maximum atomic E-state index is 13.2. The van der Waals surface area contributed by atoms with Crippen LogP contribution < -0.4 is 0 Å². The number of benzene rings is 1. The summed E-state index contributed by atoms with van der Waals surface area (Å²) in [5.74, 6) is -1.78. The largest absolute Gasteiger partial charge is 0.481 e. The molecule has 0 radical (unpaired) electrons.